The van der Waals surface area contributed by atoms with Crippen LogP contribution in [0.15, 0.2) is 24.3 Å². The molecule has 7 heteroatoms. The average Bonchev–Trinajstić information content (AvgIpc) is 2.33. The second-order valence-electron chi connectivity index (χ2n) is 3.60. The van der Waals surface area contributed by atoms with Gasteiger partial charge in [0.1, 0.15) is 12.4 Å². The molecule has 0 radical (unpaired) electrons. The topological polar surface area (TPSA) is 27.7 Å². The molecule has 0 aliphatic rings. The first-order valence-electron chi connectivity index (χ1n) is 5.53. The lowest BCUT2D eigenvalue weighted by atomic mass is 9.80. The highest BCUT2D eigenvalue weighted by Gasteiger charge is 2.25. The molecule has 0 bridgehead atoms. The zero-order valence-corrected chi connectivity index (χ0v) is 10.1. The molecule has 1 aromatic rings. The third-order valence-corrected chi connectivity index (χ3v) is 2.16. The van der Waals surface area contributed by atoms with E-state index in [1.54, 1.807) is 7.11 Å². The van der Waals surface area contributed by atoms with Crippen molar-refractivity contribution in [2.45, 2.75) is 0 Å². The molecule has 0 unspecified atom stereocenters. The van der Waals surface area contributed by atoms with Crippen molar-refractivity contribution in [2.75, 3.05) is 33.5 Å². The monoisotopic (exact) mass is 263 g/mol. The van der Waals surface area contributed by atoms with Gasteiger partial charge in [0.05, 0.1) is 19.8 Å². The van der Waals surface area contributed by atoms with Crippen molar-refractivity contribution < 1.29 is 27.2 Å². The van der Waals surface area contributed by atoms with Gasteiger partial charge in [-0.25, -0.2) is 0 Å². The maximum absolute atomic E-state index is 12.5. The van der Waals surface area contributed by atoms with Crippen LogP contribution in [0.25, 0.3) is 0 Å². The van der Waals surface area contributed by atoms with Gasteiger partial charge in [-0.15, -0.1) is 5.46 Å². The van der Waals surface area contributed by atoms with E-state index in [0.29, 0.717) is 19.8 Å². The van der Waals surface area contributed by atoms with E-state index in [0.717, 1.165) is 12.1 Å². The van der Waals surface area contributed by atoms with E-state index in [2.05, 4.69) is 0 Å². The van der Waals surface area contributed by atoms with Crippen LogP contribution in [0.1, 0.15) is 0 Å². The van der Waals surface area contributed by atoms with Crippen LogP contribution >= 0.6 is 0 Å². The molecule has 0 spiro atoms. The van der Waals surface area contributed by atoms with Crippen molar-refractivity contribution >= 4 is 12.4 Å². The lowest BCUT2D eigenvalue weighted by Gasteiger charge is -2.16. The Labute approximate surface area is 104 Å². The highest BCUT2D eigenvalue weighted by Crippen LogP contribution is 2.14. The van der Waals surface area contributed by atoms with Gasteiger partial charge in [0.25, 0.3) is 0 Å². The highest BCUT2D eigenvalue weighted by molar-refractivity contribution is 6.73. The van der Waals surface area contributed by atoms with Crippen molar-refractivity contribution in [2.24, 2.45) is 0 Å². The number of hydrogen-bond acceptors (Lipinski definition) is 3. The fourth-order valence-electron chi connectivity index (χ4n) is 1.27. The van der Waals surface area contributed by atoms with Crippen molar-refractivity contribution in [3.63, 3.8) is 0 Å². The van der Waals surface area contributed by atoms with Crippen LogP contribution in [0.5, 0.6) is 5.75 Å². The van der Waals surface area contributed by atoms with E-state index < -0.39 is 12.4 Å². The number of benzene rings is 1. The van der Waals surface area contributed by atoms with E-state index in [4.69, 9.17) is 14.2 Å². The maximum Gasteiger partial charge on any atom is 0.509 e. The molecule has 0 aliphatic heterocycles. The summed E-state index contributed by atoms with van der Waals surface area (Å²) in [5.74, 6) is 0.196. The Balaban J connectivity index is 2.34. The minimum absolute atomic E-state index is 0.196. The van der Waals surface area contributed by atoms with Crippen molar-refractivity contribution in [1.29, 1.82) is 0 Å². The predicted octanol–water partition coefficient (Wildman–Crippen LogP) is 1.78. The van der Waals surface area contributed by atoms with Gasteiger partial charge >= 0.3 is 6.98 Å². The molecule has 3 nitrogen and oxygen atoms in total. The first kappa shape index (κ1) is 14.9. The van der Waals surface area contributed by atoms with Crippen LogP contribution < -0.4 is 10.2 Å². The lowest BCUT2D eigenvalue weighted by Crippen LogP contribution is -2.33. The number of methoxy groups -OCH3 is 1. The van der Waals surface area contributed by atoms with Crippen LogP contribution in [0, 0.1) is 0 Å². The largest absolute Gasteiger partial charge is 0.509 e. The zero-order valence-electron chi connectivity index (χ0n) is 10.1. The SMILES string of the molecule is COCCOCCOc1cccc([B-](F)(F)F)c1. The molecule has 102 valence electrons. The van der Waals surface area contributed by atoms with E-state index >= 15 is 0 Å². The summed E-state index contributed by atoms with van der Waals surface area (Å²) in [6.45, 7) is -3.55. The number of hydrogen-bond donors (Lipinski definition) is 0. The number of rotatable bonds is 8. The molecule has 0 saturated carbocycles. The van der Waals surface area contributed by atoms with Gasteiger partial charge in [0.15, 0.2) is 0 Å². The molecule has 0 aromatic heterocycles. The van der Waals surface area contributed by atoms with Gasteiger partial charge in [0, 0.05) is 7.11 Å². The number of halogens is 3. The first-order valence-corrected chi connectivity index (χ1v) is 5.53. The third kappa shape index (κ3) is 5.42. The quantitative estimate of drug-likeness (QED) is 0.528. The van der Waals surface area contributed by atoms with Gasteiger partial charge < -0.3 is 27.2 Å². The summed E-state index contributed by atoms with van der Waals surface area (Å²) in [6, 6.07) is 4.84. The lowest BCUT2D eigenvalue weighted by molar-refractivity contribution is 0.0544. The Hall–Kier alpha value is -1.21. The van der Waals surface area contributed by atoms with Gasteiger partial charge in [-0.3, -0.25) is 0 Å². The second-order valence-corrected chi connectivity index (χ2v) is 3.60. The Bertz CT molecular complexity index is 358. The van der Waals surface area contributed by atoms with Crippen LogP contribution in [-0.2, 0) is 9.47 Å². The smallest absolute Gasteiger partial charge is 0.491 e. The summed E-state index contributed by atoms with van der Waals surface area (Å²) >= 11 is 0. The van der Waals surface area contributed by atoms with Crippen LogP contribution in [-0.4, -0.2) is 40.5 Å². The summed E-state index contributed by atoms with van der Waals surface area (Å²) in [6.07, 6.45) is 0. The van der Waals surface area contributed by atoms with Gasteiger partial charge in [-0.05, 0) is 12.1 Å². The van der Waals surface area contributed by atoms with E-state index in [9.17, 15) is 12.9 Å². The van der Waals surface area contributed by atoms with Crippen molar-refractivity contribution in [3.05, 3.63) is 24.3 Å². The van der Waals surface area contributed by atoms with Gasteiger partial charge in [-0.1, -0.05) is 12.1 Å². The van der Waals surface area contributed by atoms with E-state index in [-0.39, 0.29) is 12.4 Å². The Morgan fingerprint density at radius 1 is 1.06 bits per heavy atom. The minimum Gasteiger partial charge on any atom is -0.491 e. The van der Waals surface area contributed by atoms with Gasteiger partial charge in [-0.2, -0.15) is 0 Å². The molecule has 0 atom stereocenters. The fourth-order valence-corrected chi connectivity index (χ4v) is 1.27. The van der Waals surface area contributed by atoms with Crippen molar-refractivity contribution in [1.82, 2.24) is 0 Å². The first-order chi connectivity index (χ1) is 8.54. The molecule has 0 fully saturated rings. The summed E-state index contributed by atoms with van der Waals surface area (Å²) in [5.41, 5.74) is -0.659. The fraction of sp³-hybridized carbons (Fsp3) is 0.455. The molecule has 1 aromatic carbocycles. The molecule has 0 aliphatic carbocycles. The molecule has 0 heterocycles. The predicted molar refractivity (Wildman–Crippen MR) is 63.3 cm³/mol. The molecule has 18 heavy (non-hydrogen) atoms. The Morgan fingerprint density at radius 3 is 2.44 bits per heavy atom. The maximum atomic E-state index is 12.5. The number of ether oxygens (including phenoxy) is 3. The van der Waals surface area contributed by atoms with Crippen molar-refractivity contribution in [3.8, 4) is 5.75 Å². The molecule has 1 rings (SSSR count). The molecule has 0 saturated heterocycles. The Morgan fingerprint density at radius 2 is 1.78 bits per heavy atom. The average molecular weight is 263 g/mol. The summed E-state index contributed by atoms with van der Waals surface area (Å²) in [4.78, 5) is 0. The summed E-state index contributed by atoms with van der Waals surface area (Å²) in [7, 11) is 1.56. The third-order valence-electron chi connectivity index (χ3n) is 2.16. The second kappa shape index (κ2) is 7.28. The summed E-state index contributed by atoms with van der Waals surface area (Å²) in [5, 5.41) is 0. The van der Waals surface area contributed by atoms with E-state index in [1.807, 2.05) is 0 Å². The minimum atomic E-state index is -4.98. The summed E-state index contributed by atoms with van der Waals surface area (Å²) < 4.78 is 52.5. The molecule has 0 N–H and O–H groups in total. The molecule has 0 amide bonds. The van der Waals surface area contributed by atoms with E-state index in [1.165, 1.54) is 12.1 Å². The highest BCUT2D eigenvalue weighted by atomic mass is 19.4. The van der Waals surface area contributed by atoms with Crippen LogP contribution in [0.3, 0.4) is 0 Å². The van der Waals surface area contributed by atoms with Gasteiger partial charge in [0.2, 0.25) is 0 Å². The van der Waals surface area contributed by atoms with Crippen LogP contribution in [0.4, 0.5) is 12.9 Å². The molecular weight excluding hydrogens is 248 g/mol. The molecular formula is C11H15BF3O3-. The standard InChI is InChI=1S/C11H15BF3O3/c1-16-5-6-17-7-8-18-11-4-2-3-10(9-11)12(13,14)15/h2-4,9H,5-8H2,1H3/q-1. The Kier molecular flexibility index (Phi) is 6.01. The normalized spacial score (nSPS) is 11.6. The zero-order chi connectivity index (χ0) is 13.4. The van der Waals surface area contributed by atoms with Crippen LogP contribution in [0.2, 0.25) is 0 Å².